The average molecular weight is 683 g/mol. The molecule has 0 aliphatic rings. The molecule has 0 aliphatic carbocycles. The Hall–Kier alpha value is -4.07. The van der Waals surface area contributed by atoms with Gasteiger partial charge < -0.3 is 0 Å². The molecule has 0 fully saturated rings. The molecule has 0 spiro atoms. The van der Waals surface area contributed by atoms with Crippen molar-refractivity contribution in [1.82, 2.24) is 15.0 Å². The summed E-state index contributed by atoms with van der Waals surface area (Å²) in [6.07, 6.45) is 6.64. The van der Waals surface area contributed by atoms with Crippen LogP contribution in [0.3, 0.4) is 0 Å². The fraction of sp³-hybridized carbons (Fsp3) is 0. The van der Waals surface area contributed by atoms with E-state index in [2.05, 4.69) is 15.0 Å². The van der Waals surface area contributed by atoms with Crippen molar-refractivity contribution in [2.45, 2.75) is 0 Å². The molecule has 0 saturated carbocycles. The van der Waals surface area contributed by atoms with Gasteiger partial charge in [-0.1, -0.05) is 18.2 Å². The van der Waals surface area contributed by atoms with E-state index in [-0.39, 0.29) is 0 Å². The second-order valence-corrected chi connectivity index (χ2v) is 7.35. The van der Waals surface area contributed by atoms with E-state index in [9.17, 15) is 17.6 Å². The Labute approximate surface area is 222 Å². The molecule has 37 heavy (non-hydrogen) atoms. The number of rotatable bonds is 2. The third kappa shape index (κ3) is 10.6. The number of hydrogen-bond acceptors (Lipinski definition) is 4. The van der Waals surface area contributed by atoms with Crippen LogP contribution < -0.4 is 0 Å². The van der Waals surface area contributed by atoms with Gasteiger partial charge in [0.25, 0.3) is 0 Å². The number of carbonyl (C=O) groups is 1. The molecule has 5 aromatic rings. The summed E-state index contributed by atoms with van der Waals surface area (Å²) < 4.78 is 51.7. The van der Waals surface area contributed by atoms with Crippen molar-refractivity contribution in [2.24, 2.45) is 0 Å². The molecule has 0 radical (unpaired) electrons. The number of pyridine rings is 3. The number of halogens is 4. The third-order valence-corrected chi connectivity index (χ3v) is 4.31. The van der Waals surface area contributed by atoms with Gasteiger partial charge in [-0.3, -0.25) is 15.0 Å². The van der Waals surface area contributed by atoms with Gasteiger partial charge in [-0.25, -0.2) is 17.6 Å². The van der Waals surface area contributed by atoms with Crippen molar-refractivity contribution in [3.05, 3.63) is 139 Å². The topological polar surface area (TPSA) is 55.7 Å². The summed E-state index contributed by atoms with van der Waals surface area (Å²) in [6.45, 7) is 0. The molecule has 3 heterocycles. The average Bonchev–Trinajstić information content (AvgIpc) is 2.92. The first-order chi connectivity index (χ1) is 18.0. The van der Waals surface area contributed by atoms with Gasteiger partial charge in [-0.05, 0) is 60.7 Å². The first kappa shape index (κ1) is 29.2. The Kier molecular flexibility index (Phi) is 13.1. The number of hydrogen-bond donors (Lipinski definition) is 0. The van der Waals surface area contributed by atoms with Crippen molar-refractivity contribution in [1.29, 1.82) is 0 Å². The van der Waals surface area contributed by atoms with Crippen molar-refractivity contribution in [2.75, 3.05) is 0 Å². The number of nitrogens with zero attached hydrogens (tertiary/aromatic N) is 3. The molecule has 0 aliphatic heterocycles. The molecule has 0 bridgehead atoms. The van der Waals surface area contributed by atoms with Crippen molar-refractivity contribution >= 4 is 4.80 Å². The van der Waals surface area contributed by atoms with E-state index >= 15 is 0 Å². The van der Waals surface area contributed by atoms with Crippen LogP contribution in [-0.2, 0) is 23.7 Å². The molecular weight excluding hydrogens is 663 g/mol. The number of carbonyl (C=O) groups excluding carboxylic acids is 1. The molecule has 0 atom stereocenters. The van der Waals surface area contributed by atoms with E-state index in [1.807, 2.05) is 18.2 Å². The molecule has 0 N–H and O–H groups in total. The van der Waals surface area contributed by atoms with Gasteiger partial charge in [0.1, 0.15) is 23.3 Å². The fourth-order valence-corrected chi connectivity index (χ4v) is 2.75. The minimum absolute atomic E-state index is 0.312. The Morgan fingerprint density at radius 2 is 0.973 bits per heavy atom. The normalized spacial score (nSPS) is 9.35. The maximum absolute atomic E-state index is 13.3. The Morgan fingerprint density at radius 1 is 0.568 bits per heavy atom. The van der Waals surface area contributed by atoms with Gasteiger partial charge in [0.05, 0.1) is 11.4 Å². The monoisotopic (exact) mass is 683 g/mol. The van der Waals surface area contributed by atoms with Gasteiger partial charge in [0.15, 0.2) is 0 Å². The molecule has 4 nitrogen and oxygen atoms in total. The van der Waals surface area contributed by atoms with E-state index < -0.39 is 23.3 Å². The summed E-state index contributed by atoms with van der Waals surface area (Å²) in [5, 5.41) is 0. The quantitative estimate of drug-likeness (QED) is 0.151. The smallest absolute Gasteiger partial charge is 0.0267 e. The third-order valence-electron chi connectivity index (χ3n) is 4.31. The molecule has 190 valence electrons. The van der Waals surface area contributed by atoms with Gasteiger partial charge in [0, 0.05) is 48.0 Å². The minimum Gasteiger partial charge on any atom is -0.265 e. The van der Waals surface area contributed by atoms with Crippen molar-refractivity contribution < 1.29 is 41.3 Å². The zero-order valence-electron chi connectivity index (χ0n) is 19.1. The van der Waals surface area contributed by atoms with Gasteiger partial charge in [0.2, 0.25) is 0 Å². The van der Waals surface area contributed by atoms with E-state index in [4.69, 9.17) is 4.79 Å². The number of aromatic nitrogens is 3. The summed E-state index contributed by atoms with van der Waals surface area (Å²) in [6, 6.07) is 23.0. The Bertz CT molecular complexity index is 1230. The summed E-state index contributed by atoms with van der Waals surface area (Å²) in [7, 11) is 0. The zero-order chi connectivity index (χ0) is 26.9. The van der Waals surface area contributed by atoms with E-state index in [1.54, 1.807) is 61.2 Å². The maximum Gasteiger partial charge on any atom is 0.0267 e. The van der Waals surface area contributed by atoms with E-state index in [1.165, 1.54) is 43.2 Å². The Balaban J connectivity index is 0.000000197. The SMILES string of the molecule is Fc1ccc(-c2ccccn2)c(F)c1.Fc1ccc(-c2ccccn2)c(F)c1.O=[CH][Ir].c1ccncc1. The van der Waals surface area contributed by atoms with Crippen LogP contribution in [0.5, 0.6) is 0 Å². The van der Waals surface area contributed by atoms with Crippen LogP contribution in [0.25, 0.3) is 22.5 Å². The maximum atomic E-state index is 13.3. The predicted molar refractivity (Wildman–Crippen MR) is 130 cm³/mol. The van der Waals surface area contributed by atoms with Crippen LogP contribution in [0.2, 0.25) is 0 Å². The Morgan fingerprint density at radius 3 is 1.24 bits per heavy atom. The van der Waals surface area contributed by atoms with Crippen LogP contribution >= 0.6 is 0 Å². The summed E-state index contributed by atoms with van der Waals surface area (Å²) >= 11 is 1.44. The van der Waals surface area contributed by atoms with Crippen molar-refractivity contribution in [3.63, 3.8) is 0 Å². The summed E-state index contributed by atoms with van der Waals surface area (Å²) in [5.41, 5.74) is 1.63. The second kappa shape index (κ2) is 16.6. The first-order valence-corrected chi connectivity index (χ1v) is 11.9. The van der Waals surface area contributed by atoms with Gasteiger partial charge in [-0.2, -0.15) is 0 Å². The van der Waals surface area contributed by atoms with Crippen LogP contribution in [0, 0.1) is 23.3 Å². The molecule has 0 unspecified atom stereocenters. The molecule has 2 aromatic carbocycles. The number of benzene rings is 2. The van der Waals surface area contributed by atoms with E-state index in [0.717, 1.165) is 16.9 Å². The summed E-state index contributed by atoms with van der Waals surface area (Å²) in [4.78, 5) is 21.3. The molecule has 9 heteroatoms. The predicted octanol–water partition coefficient (Wildman–Crippen LogP) is 6.86. The van der Waals surface area contributed by atoms with E-state index in [0.29, 0.717) is 22.5 Å². The molecule has 0 saturated heterocycles. The van der Waals surface area contributed by atoms with Crippen molar-refractivity contribution in [3.8, 4) is 22.5 Å². The molecular formula is C28H20F4IrN3O. The van der Waals surface area contributed by atoms with Crippen LogP contribution in [0.1, 0.15) is 0 Å². The van der Waals surface area contributed by atoms with Crippen LogP contribution in [0.15, 0.2) is 116 Å². The second-order valence-electron chi connectivity index (χ2n) is 6.78. The van der Waals surface area contributed by atoms with Gasteiger partial charge >= 0.3 is 28.5 Å². The fourth-order valence-electron chi connectivity index (χ4n) is 2.75. The standard InChI is InChI=1S/2C11H7F2N.C5H5N.CHO.Ir/c2*12-8-4-5-9(10(13)7-8)11-3-1-2-6-14-11;1-2-4-6-5-3-1;1-2;/h2*1-7H;1-5H;1H;. The summed E-state index contributed by atoms with van der Waals surface area (Å²) in [5.74, 6) is -2.35. The van der Waals surface area contributed by atoms with Crippen LogP contribution in [-0.4, -0.2) is 19.8 Å². The molecule has 0 amide bonds. The largest absolute Gasteiger partial charge is 0.265 e. The zero-order valence-corrected chi connectivity index (χ0v) is 21.5. The minimum atomic E-state index is -0.594. The van der Waals surface area contributed by atoms with Gasteiger partial charge in [-0.15, -0.1) is 0 Å². The molecule has 3 aromatic heterocycles. The van der Waals surface area contributed by atoms with Crippen LogP contribution in [0.4, 0.5) is 17.6 Å². The molecule has 5 rings (SSSR count). The first-order valence-electron chi connectivity index (χ1n) is 10.6.